The number of nitrogens with one attached hydrogen (secondary N) is 1. The van der Waals surface area contributed by atoms with E-state index in [1.165, 1.54) is 16.7 Å². The van der Waals surface area contributed by atoms with Crippen LogP contribution in [-0.2, 0) is 6.42 Å². The first kappa shape index (κ1) is 14.0. The predicted molar refractivity (Wildman–Crippen MR) is 83.8 cm³/mol. The SMILES string of the molecule is Cc1cccc(OCCNC2CCc3cc(O)ccc32)c1. The van der Waals surface area contributed by atoms with Gasteiger partial charge in [-0.3, -0.25) is 0 Å². The van der Waals surface area contributed by atoms with Crippen LogP contribution in [0.1, 0.15) is 29.2 Å². The van der Waals surface area contributed by atoms with Crippen LogP contribution in [0.3, 0.4) is 0 Å². The van der Waals surface area contributed by atoms with Crippen LogP contribution in [0.4, 0.5) is 0 Å². The maximum Gasteiger partial charge on any atom is 0.119 e. The van der Waals surface area contributed by atoms with Gasteiger partial charge in [0.2, 0.25) is 0 Å². The molecule has 0 fully saturated rings. The van der Waals surface area contributed by atoms with Crippen molar-refractivity contribution in [3.8, 4) is 11.5 Å². The Kier molecular flexibility index (Phi) is 4.11. The Morgan fingerprint density at radius 3 is 3.00 bits per heavy atom. The highest BCUT2D eigenvalue weighted by atomic mass is 16.5. The van der Waals surface area contributed by atoms with Crippen molar-refractivity contribution in [3.63, 3.8) is 0 Å². The molecule has 2 N–H and O–H groups in total. The van der Waals surface area contributed by atoms with E-state index in [9.17, 15) is 5.11 Å². The minimum atomic E-state index is 0.359. The lowest BCUT2D eigenvalue weighted by atomic mass is 10.1. The summed E-state index contributed by atoms with van der Waals surface area (Å²) in [6.07, 6.45) is 2.11. The normalized spacial score (nSPS) is 16.7. The first-order chi connectivity index (χ1) is 10.2. The zero-order valence-electron chi connectivity index (χ0n) is 12.3. The zero-order chi connectivity index (χ0) is 14.7. The van der Waals surface area contributed by atoms with Crippen molar-refractivity contribution >= 4 is 0 Å². The second kappa shape index (κ2) is 6.19. The van der Waals surface area contributed by atoms with Gasteiger partial charge in [-0.05, 0) is 60.7 Å². The fourth-order valence-corrected chi connectivity index (χ4v) is 2.92. The number of ether oxygens (including phenoxy) is 1. The average Bonchev–Trinajstić information content (AvgIpc) is 2.86. The van der Waals surface area contributed by atoms with Crippen LogP contribution in [0.15, 0.2) is 42.5 Å². The average molecular weight is 283 g/mol. The number of hydrogen-bond acceptors (Lipinski definition) is 3. The Morgan fingerprint density at radius 1 is 1.24 bits per heavy atom. The highest BCUT2D eigenvalue weighted by Gasteiger charge is 2.21. The van der Waals surface area contributed by atoms with Gasteiger partial charge in [0.05, 0.1) is 0 Å². The van der Waals surface area contributed by atoms with Crippen molar-refractivity contribution in [3.05, 3.63) is 59.2 Å². The van der Waals surface area contributed by atoms with Gasteiger partial charge in [0.15, 0.2) is 0 Å². The monoisotopic (exact) mass is 283 g/mol. The van der Waals surface area contributed by atoms with Gasteiger partial charge in [-0.2, -0.15) is 0 Å². The molecule has 0 saturated carbocycles. The summed E-state index contributed by atoms with van der Waals surface area (Å²) in [4.78, 5) is 0. The molecule has 1 aliphatic rings. The Morgan fingerprint density at radius 2 is 2.14 bits per heavy atom. The minimum Gasteiger partial charge on any atom is -0.508 e. The van der Waals surface area contributed by atoms with E-state index in [0.717, 1.165) is 25.1 Å². The predicted octanol–water partition coefficient (Wildman–Crippen LogP) is 3.36. The van der Waals surface area contributed by atoms with E-state index in [2.05, 4.69) is 18.3 Å². The maximum absolute atomic E-state index is 9.50. The zero-order valence-corrected chi connectivity index (χ0v) is 12.3. The summed E-state index contributed by atoms with van der Waals surface area (Å²) in [6.45, 7) is 3.54. The van der Waals surface area contributed by atoms with Crippen molar-refractivity contribution in [1.29, 1.82) is 0 Å². The molecule has 3 rings (SSSR count). The molecule has 2 aromatic carbocycles. The van der Waals surface area contributed by atoms with Gasteiger partial charge in [0.25, 0.3) is 0 Å². The van der Waals surface area contributed by atoms with E-state index in [1.807, 2.05) is 30.3 Å². The summed E-state index contributed by atoms with van der Waals surface area (Å²) < 4.78 is 5.75. The fraction of sp³-hybridized carbons (Fsp3) is 0.333. The number of fused-ring (bicyclic) bond motifs is 1. The molecule has 0 heterocycles. The quantitative estimate of drug-likeness (QED) is 0.827. The number of phenolic OH excluding ortho intramolecular Hbond substituents is 1. The van der Waals surface area contributed by atoms with Gasteiger partial charge in [0, 0.05) is 12.6 Å². The van der Waals surface area contributed by atoms with Gasteiger partial charge < -0.3 is 15.2 Å². The maximum atomic E-state index is 9.50. The molecule has 2 aromatic rings. The Bertz CT molecular complexity index is 624. The van der Waals surface area contributed by atoms with Crippen LogP contribution in [0.25, 0.3) is 0 Å². The molecule has 0 spiro atoms. The third-order valence-corrected chi connectivity index (χ3v) is 3.96. The van der Waals surface area contributed by atoms with E-state index in [1.54, 1.807) is 6.07 Å². The molecule has 1 unspecified atom stereocenters. The Balaban J connectivity index is 1.49. The van der Waals surface area contributed by atoms with Crippen molar-refractivity contribution in [2.24, 2.45) is 0 Å². The number of benzene rings is 2. The third-order valence-electron chi connectivity index (χ3n) is 3.96. The molecule has 3 nitrogen and oxygen atoms in total. The van der Waals surface area contributed by atoms with Crippen LogP contribution in [0.5, 0.6) is 11.5 Å². The van der Waals surface area contributed by atoms with Crippen molar-refractivity contribution in [1.82, 2.24) is 5.32 Å². The van der Waals surface area contributed by atoms with Crippen LogP contribution < -0.4 is 10.1 Å². The molecular weight excluding hydrogens is 262 g/mol. The third kappa shape index (κ3) is 3.37. The van der Waals surface area contributed by atoms with E-state index in [4.69, 9.17) is 4.74 Å². The molecule has 0 bridgehead atoms. The summed E-state index contributed by atoms with van der Waals surface area (Å²) in [5.74, 6) is 1.28. The molecule has 0 saturated heterocycles. The number of rotatable bonds is 5. The number of aromatic hydroxyl groups is 1. The highest BCUT2D eigenvalue weighted by molar-refractivity contribution is 5.40. The van der Waals surface area contributed by atoms with Gasteiger partial charge >= 0.3 is 0 Å². The summed E-state index contributed by atoms with van der Waals surface area (Å²) in [5, 5.41) is 13.0. The Labute approximate surface area is 125 Å². The molecule has 0 radical (unpaired) electrons. The first-order valence-corrected chi connectivity index (χ1v) is 7.47. The van der Waals surface area contributed by atoms with Crippen LogP contribution in [0.2, 0.25) is 0 Å². The van der Waals surface area contributed by atoms with E-state index in [-0.39, 0.29) is 0 Å². The lowest BCUT2D eigenvalue weighted by molar-refractivity contribution is 0.305. The topological polar surface area (TPSA) is 41.5 Å². The van der Waals surface area contributed by atoms with Crippen molar-refractivity contribution < 1.29 is 9.84 Å². The summed E-state index contributed by atoms with van der Waals surface area (Å²) >= 11 is 0. The molecule has 3 heteroatoms. The second-order valence-electron chi connectivity index (χ2n) is 5.59. The lowest BCUT2D eigenvalue weighted by Crippen LogP contribution is -2.24. The van der Waals surface area contributed by atoms with Crippen LogP contribution >= 0.6 is 0 Å². The first-order valence-electron chi connectivity index (χ1n) is 7.47. The molecule has 110 valence electrons. The fourth-order valence-electron chi connectivity index (χ4n) is 2.92. The Hall–Kier alpha value is -2.00. The molecule has 1 atom stereocenters. The standard InChI is InChI=1S/C18H21NO2/c1-13-3-2-4-16(11-13)21-10-9-19-18-8-5-14-12-15(20)6-7-17(14)18/h2-4,6-7,11-12,18-20H,5,8-10H2,1H3. The van der Waals surface area contributed by atoms with Gasteiger partial charge in [0.1, 0.15) is 18.1 Å². The molecule has 0 aromatic heterocycles. The smallest absolute Gasteiger partial charge is 0.119 e. The summed E-state index contributed by atoms with van der Waals surface area (Å²) in [5.41, 5.74) is 3.78. The molecular formula is C18H21NO2. The lowest BCUT2D eigenvalue weighted by Gasteiger charge is -2.14. The number of aryl methyl sites for hydroxylation is 2. The van der Waals surface area contributed by atoms with Crippen LogP contribution in [-0.4, -0.2) is 18.3 Å². The highest BCUT2D eigenvalue weighted by Crippen LogP contribution is 2.32. The van der Waals surface area contributed by atoms with Gasteiger partial charge in [-0.1, -0.05) is 18.2 Å². The second-order valence-corrected chi connectivity index (χ2v) is 5.59. The van der Waals surface area contributed by atoms with Crippen LogP contribution in [0, 0.1) is 6.92 Å². The summed E-state index contributed by atoms with van der Waals surface area (Å²) in [7, 11) is 0. The largest absolute Gasteiger partial charge is 0.508 e. The number of phenols is 1. The van der Waals surface area contributed by atoms with Gasteiger partial charge in [-0.25, -0.2) is 0 Å². The summed E-state index contributed by atoms with van der Waals surface area (Å²) in [6, 6.07) is 14.2. The van der Waals surface area contributed by atoms with Crippen molar-refractivity contribution in [2.75, 3.05) is 13.2 Å². The molecule has 0 aliphatic heterocycles. The molecule has 21 heavy (non-hydrogen) atoms. The van der Waals surface area contributed by atoms with Crippen molar-refractivity contribution in [2.45, 2.75) is 25.8 Å². The molecule has 0 amide bonds. The van der Waals surface area contributed by atoms with E-state index < -0.39 is 0 Å². The van der Waals surface area contributed by atoms with E-state index >= 15 is 0 Å². The van der Waals surface area contributed by atoms with Gasteiger partial charge in [-0.15, -0.1) is 0 Å². The minimum absolute atomic E-state index is 0.359. The molecule has 1 aliphatic carbocycles. The van der Waals surface area contributed by atoms with E-state index in [0.29, 0.717) is 18.4 Å². The number of hydrogen-bond donors (Lipinski definition) is 2.